The van der Waals surface area contributed by atoms with Gasteiger partial charge in [-0.15, -0.1) is 0 Å². The average Bonchev–Trinajstić information content (AvgIpc) is 2.27. The zero-order chi connectivity index (χ0) is 13.3. The Morgan fingerprint density at radius 2 is 2.11 bits per heavy atom. The number of hydrogen-bond acceptors (Lipinski definition) is 1. The summed E-state index contributed by atoms with van der Waals surface area (Å²) in [6.45, 7) is 6.50. The molecule has 1 aliphatic rings. The number of carboxylic acids is 1. The van der Waals surface area contributed by atoms with Gasteiger partial charge < -0.3 is 5.11 Å². The third-order valence-electron chi connectivity index (χ3n) is 3.58. The van der Waals surface area contributed by atoms with E-state index in [1.165, 1.54) is 17.2 Å². The van der Waals surface area contributed by atoms with E-state index < -0.39 is 5.97 Å². The van der Waals surface area contributed by atoms with Gasteiger partial charge in [-0.3, -0.25) is 0 Å². The Bertz CT molecular complexity index is 498. The highest BCUT2D eigenvalue weighted by Crippen LogP contribution is 2.35. The van der Waals surface area contributed by atoms with Gasteiger partial charge in [-0.05, 0) is 46.9 Å². The molecule has 2 heteroatoms. The molecule has 0 spiro atoms. The SMILES string of the molecule is CC1C/C(=C\C(=O)O)c2cc(C(C)C)ccc2C1. The van der Waals surface area contributed by atoms with E-state index in [1.807, 2.05) is 0 Å². The van der Waals surface area contributed by atoms with Crippen LogP contribution in [0.2, 0.25) is 0 Å². The second-order valence-electron chi connectivity index (χ2n) is 5.59. The van der Waals surface area contributed by atoms with Crippen molar-refractivity contribution in [3.05, 3.63) is 41.0 Å². The number of rotatable bonds is 2. The lowest BCUT2D eigenvalue weighted by atomic mass is 9.80. The molecule has 1 N–H and O–H groups in total. The van der Waals surface area contributed by atoms with E-state index in [2.05, 4.69) is 39.0 Å². The van der Waals surface area contributed by atoms with E-state index in [0.29, 0.717) is 11.8 Å². The fourth-order valence-corrected chi connectivity index (χ4v) is 2.65. The zero-order valence-electron chi connectivity index (χ0n) is 11.2. The Balaban J connectivity index is 2.50. The van der Waals surface area contributed by atoms with Gasteiger partial charge in [0.15, 0.2) is 0 Å². The fraction of sp³-hybridized carbons (Fsp3) is 0.438. The third-order valence-corrected chi connectivity index (χ3v) is 3.58. The molecular formula is C16H20O2. The van der Waals surface area contributed by atoms with Gasteiger partial charge >= 0.3 is 5.97 Å². The molecule has 0 bridgehead atoms. The molecule has 18 heavy (non-hydrogen) atoms. The molecule has 1 unspecified atom stereocenters. The summed E-state index contributed by atoms with van der Waals surface area (Å²) in [5.74, 6) is 0.147. The lowest BCUT2D eigenvalue weighted by Gasteiger charge is -2.25. The first kappa shape index (κ1) is 12.9. The van der Waals surface area contributed by atoms with Gasteiger partial charge in [0, 0.05) is 6.08 Å². The van der Waals surface area contributed by atoms with Gasteiger partial charge in [-0.25, -0.2) is 4.79 Å². The number of fused-ring (bicyclic) bond motifs is 1. The standard InChI is InChI=1S/C16H20O2/c1-10(2)12-4-5-13-6-11(3)7-14(9-16(17)18)15(13)8-12/h4-5,8-11H,6-7H2,1-3H3,(H,17,18)/b14-9+. The fourth-order valence-electron chi connectivity index (χ4n) is 2.65. The molecule has 2 rings (SSSR count). The predicted molar refractivity (Wildman–Crippen MR) is 73.6 cm³/mol. The Labute approximate surface area is 108 Å². The van der Waals surface area contributed by atoms with Crippen LogP contribution in [0.4, 0.5) is 0 Å². The summed E-state index contributed by atoms with van der Waals surface area (Å²) in [4.78, 5) is 10.9. The minimum Gasteiger partial charge on any atom is -0.478 e. The molecule has 1 aliphatic carbocycles. The minimum absolute atomic E-state index is 0.473. The van der Waals surface area contributed by atoms with Gasteiger partial charge in [-0.1, -0.05) is 39.0 Å². The van der Waals surface area contributed by atoms with Crippen LogP contribution in [0.15, 0.2) is 24.3 Å². The second kappa shape index (κ2) is 4.97. The molecule has 0 heterocycles. The molecule has 1 aromatic carbocycles. The number of carbonyl (C=O) groups is 1. The van der Waals surface area contributed by atoms with Crippen LogP contribution < -0.4 is 0 Å². The second-order valence-corrected chi connectivity index (χ2v) is 5.59. The first-order valence-corrected chi connectivity index (χ1v) is 6.54. The molecule has 1 atom stereocenters. The molecule has 0 fully saturated rings. The lowest BCUT2D eigenvalue weighted by Crippen LogP contribution is -2.12. The summed E-state index contributed by atoms with van der Waals surface area (Å²) in [6, 6.07) is 6.50. The molecule has 96 valence electrons. The van der Waals surface area contributed by atoms with Gasteiger partial charge in [0.2, 0.25) is 0 Å². The summed E-state index contributed by atoms with van der Waals surface area (Å²) in [5, 5.41) is 8.98. The molecule has 0 aromatic heterocycles. The van der Waals surface area contributed by atoms with Gasteiger partial charge in [0.25, 0.3) is 0 Å². The lowest BCUT2D eigenvalue weighted by molar-refractivity contribution is -0.131. The van der Waals surface area contributed by atoms with Gasteiger partial charge in [0.1, 0.15) is 0 Å². The Morgan fingerprint density at radius 3 is 2.72 bits per heavy atom. The highest BCUT2D eigenvalue weighted by atomic mass is 16.4. The highest BCUT2D eigenvalue weighted by molar-refractivity contribution is 5.91. The van der Waals surface area contributed by atoms with Crippen molar-refractivity contribution in [2.24, 2.45) is 5.92 Å². The minimum atomic E-state index is -0.847. The summed E-state index contributed by atoms with van der Waals surface area (Å²) >= 11 is 0. The van der Waals surface area contributed by atoms with Crippen LogP contribution in [0.3, 0.4) is 0 Å². The maximum absolute atomic E-state index is 10.9. The number of aliphatic carboxylic acids is 1. The van der Waals surface area contributed by atoms with E-state index >= 15 is 0 Å². The molecule has 0 radical (unpaired) electrons. The Kier molecular flexibility index (Phi) is 3.55. The van der Waals surface area contributed by atoms with Crippen molar-refractivity contribution in [3.63, 3.8) is 0 Å². The van der Waals surface area contributed by atoms with Crippen LogP contribution in [0.25, 0.3) is 5.57 Å². The molecule has 2 nitrogen and oxygen atoms in total. The molecule has 0 saturated heterocycles. The normalized spacial score (nSPS) is 21.1. The average molecular weight is 244 g/mol. The van der Waals surface area contributed by atoms with Gasteiger partial charge in [0.05, 0.1) is 0 Å². The maximum Gasteiger partial charge on any atom is 0.328 e. The van der Waals surface area contributed by atoms with E-state index in [9.17, 15) is 4.79 Å². The van der Waals surface area contributed by atoms with Crippen molar-refractivity contribution in [3.8, 4) is 0 Å². The molecule has 0 saturated carbocycles. The first-order valence-electron chi connectivity index (χ1n) is 6.54. The predicted octanol–water partition coefficient (Wildman–Crippen LogP) is 3.86. The topological polar surface area (TPSA) is 37.3 Å². The maximum atomic E-state index is 10.9. The summed E-state index contributed by atoms with van der Waals surface area (Å²) in [5.41, 5.74) is 4.67. The van der Waals surface area contributed by atoms with Crippen LogP contribution in [-0.4, -0.2) is 11.1 Å². The van der Waals surface area contributed by atoms with Crippen LogP contribution in [-0.2, 0) is 11.2 Å². The van der Waals surface area contributed by atoms with Crippen molar-refractivity contribution < 1.29 is 9.90 Å². The molecule has 0 amide bonds. The monoisotopic (exact) mass is 244 g/mol. The van der Waals surface area contributed by atoms with Crippen LogP contribution in [0.1, 0.15) is 49.8 Å². The van der Waals surface area contributed by atoms with E-state index in [-0.39, 0.29) is 0 Å². The molecule has 0 aliphatic heterocycles. The van der Waals surface area contributed by atoms with Crippen LogP contribution in [0, 0.1) is 5.92 Å². The number of allylic oxidation sites excluding steroid dienone is 1. The zero-order valence-corrected chi connectivity index (χ0v) is 11.2. The van der Waals surface area contributed by atoms with Crippen molar-refractivity contribution in [1.29, 1.82) is 0 Å². The largest absolute Gasteiger partial charge is 0.478 e. The quantitative estimate of drug-likeness (QED) is 0.802. The van der Waals surface area contributed by atoms with Crippen LogP contribution >= 0.6 is 0 Å². The third kappa shape index (κ3) is 2.63. The van der Waals surface area contributed by atoms with Gasteiger partial charge in [-0.2, -0.15) is 0 Å². The van der Waals surface area contributed by atoms with Crippen molar-refractivity contribution in [2.75, 3.05) is 0 Å². The van der Waals surface area contributed by atoms with E-state index in [1.54, 1.807) is 0 Å². The highest BCUT2D eigenvalue weighted by Gasteiger charge is 2.20. The van der Waals surface area contributed by atoms with E-state index in [4.69, 9.17) is 5.11 Å². The van der Waals surface area contributed by atoms with Crippen molar-refractivity contribution in [1.82, 2.24) is 0 Å². The number of hydrogen-bond donors (Lipinski definition) is 1. The van der Waals surface area contributed by atoms with Crippen molar-refractivity contribution in [2.45, 2.75) is 39.5 Å². The molecular weight excluding hydrogens is 224 g/mol. The van der Waals surface area contributed by atoms with E-state index in [0.717, 1.165) is 24.0 Å². The Morgan fingerprint density at radius 1 is 1.39 bits per heavy atom. The molecule has 1 aromatic rings. The summed E-state index contributed by atoms with van der Waals surface area (Å²) in [6.07, 6.45) is 3.28. The van der Waals surface area contributed by atoms with Crippen molar-refractivity contribution >= 4 is 11.5 Å². The summed E-state index contributed by atoms with van der Waals surface area (Å²) < 4.78 is 0. The number of benzene rings is 1. The van der Waals surface area contributed by atoms with Crippen LogP contribution in [0.5, 0.6) is 0 Å². The smallest absolute Gasteiger partial charge is 0.328 e. The number of carboxylic acid groups (broad SMARTS) is 1. The summed E-state index contributed by atoms with van der Waals surface area (Å²) in [7, 11) is 0. The first-order chi connectivity index (χ1) is 8.47. The Hall–Kier alpha value is -1.57.